The first-order valence-corrected chi connectivity index (χ1v) is 9.79. The molecule has 1 aliphatic heterocycles. The van der Waals surface area contributed by atoms with Crippen LogP contribution in [0.15, 0.2) is 34.1 Å². The summed E-state index contributed by atoms with van der Waals surface area (Å²) in [5.41, 5.74) is 2.61. The minimum Gasteiger partial charge on any atom is -0.337 e. The summed E-state index contributed by atoms with van der Waals surface area (Å²) in [6.45, 7) is 1.31. The van der Waals surface area contributed by atoms with Gasteiger partial charge in [0, 0.05) is 25.9 Å². The van der Waals surface area contributed by atoms with Crippen LogP contribution < -0.4 is 16.0 Å². The van der Waals surface area contributed by atoms with E-state index in [0.717, 1.165) is 49.9 Å². The Bertz CT molecular complexity index is 1180. The molecule has 1 aliphatic carbocycles. The molecule has 0 bridgehead atoms. The van der Waals surface area contributed by atoms with Crippen molar-refractivity contribution in [2.75, 3.05) is 11.4 Å². The zero-order valence-electron chi connectivity index (χ0n) is 15.8. The predicted octanol–water partition coefficient (Wildman–Crippen LogP) is 1.04. The standard InChI is InChI=1S/C20H22N6O2/c1-24-19(28)15-7-8-21-11-17(15)22-20(24)25-9-3-5-14(25)12-26-18(27)10-13-4-2-6-16(13)23-26/h7-8,10-11,14H,2-6,9,12H2,1H3. The highest BCUT2D eigenvalue weighted by molar-refractivity contribution is 5.77. The molecule has 2 aliphatic rings. The number of aryl methyl sites for hydroxylation is 2. The number of pyridine rings is 1. The van der Waals surface area contributed by atoms with Crippen LogP contribution in [0, 0.1) is 0 Å². The molecule has 8 nitrogen and oxygen atoms in total. The van der Waals surface area contributed by atoms with E-state index < -0.39 is 0 Å². The number of rotatable bonds is 3. The van der Waals surface area contributed by atoms with Gasteiger partial charge in [0.05, 0.1) is 35.4 Å². The van der Waals surface area contributed by atoms with Gasteiger partial charge in [-0.25, -0.2) is 9.67 Å². The van der Waals surface area contributed by atoms with Crippen molar-refractivity contribution < 1.29 is 0 Å². The van der Waals surface area contributed by atoms with Gasteiger partial charge in [0.15, 0.2) is 0 Å². The summed E-state index contributed by atoms with van der Waals surface area (Å²) in [4.78, 5) is 36.2. The van der Waals surface area contributed by atoms with Gasteiger partial charge in [0.2, 0.25) is 5.95 Å². The molecule has 0 N–H and O–H groups in total. The van der Waals surface area contributed by atoms with E-state index in [9.17, 15) is 9.59 Å². The summed E-state index contributed by atoms with van der Waals surface area (Å²) in [5, 5.41) is 5.18. The van der Waals surface area contributed by atoms with Gasteiger partial charge in [0.1, 0.15) is 0 Å². The zero-order valence-corrected chi connectivity index (χ0v) is 15.8. The van der Waals surface area contributed by atoms with Gasteiger partial charge in [-0.15, -0.1) is 0 Å². The lowest BCUT2D eigenvalue weighted by Gasteiger charge is -2.27. The lowest BCUT2D eigenvalue weighted by Crippen LogP contribution is -2.40. The van der Waals surface area contributed by atoms with Crippen molar-refractivity contribution in [3.05, 3.63) is 56.5 Å². The molecule has 1 unspecified atom stereocenters. The van der Waals surface area contributed by atoms with Gasteiger partial charge in [-0.2, -0.15) is 5.10 Å². The zero-order chi connectivity index (χ0) is 19.3. The molecule has 0 radical (unpaired) electrons. The maximum Gasteiger partial charge on any atom is 0.267 e. The first-order chi connectivity index (χ1) is 13.6. The van der Waals surface area contributed by atoms with Crippen molar-refractivity contribution in [3.8, 4) is 0 Å². The van der Waals surface area contributed by atoms with Crippen LogP contribution in [-0.4, -0.2) is 36.9 Å². The number of hydrogen-bond donors (Lipinski definition) is 0. The molecule has 28 heavy (non-hydrogen) atoms. The van der Waals surface area contributed by atoms with Crippen molar-refractivity contribution in [1.82, 2.24) is 24.3 Å². The Kier molecular flexibility index (Phi) is 3.99. The van der Waals surface area contributed by atoms with Crippen LogP contribution >= 0.6 is 0 Å². The average Bonchev–Trinajstić information content (AvgIpc) is 3.34. The van der Waals surface area contributed by atoms with E-state index in [0.29, 0.717) is 23.4 Å². The highest BCUT2D eigenvalue weighted by Crippen LogP contribution is 2.25. The molecule has 0 amide bonds. The normalized spacial score (nSPS) is 18.8. The average molecular weight is 378 g/mol. The minimum absolute atomic E-state index is 0.0444. The third kappa shape index (κ3) is 2.71. The summed E-state index contributed by atoms with van der Waals surface area (Å²) >= 11 is 0. The Labute approximate surface area is 161 Å². The maximum absolute atomic E-state index is 12.8. The van der Waals surface area contributed by atoms with Gasteiger partial charge in [-0.05, 0) is 43.7 Å². The van der Waals surface area contributed by atoms with Gasteiger partial charge in [-0.1, -0.05) is 0 Å². The topological polar surface area (TPSA) is 85.9 Å². The van der Waals surface area contributed by atoms with Crippen LogP contribution in [0.3, 0.4) is 0 Å². The molecule has 8 heteroatoms. The van der Waals surface area contributed by atoms with Gasteiger partial charge < -0.3 is 4.90 Å². The Morgan fingerprint density at radius 2 is 2.11 bits per heavy atom. The number of nitrogens with zero attached hydrogens (tertiary/aromatic N) is 6. The summed E-state index contributed by atoms with van der Waals surface area (Å²) in [7, 11) is 1.75. The molecule has 1 fully saturated rings. The van der Waals surface area contributed by atoms with Crippen LogP contribution in [0.4, 0.5) is 5.95 Å². The fourth-order valence-electron chi connectivity index (χ4n) is 4.43. The van der Waals surface area contributed by atoms with Crippen molar-refractivity contribution in [3.63, 3.8) is 0 Å². The Hall–Kier alpha value is -3.03. The predicted molar refractivity (Wildman–Crippen MR) is 106 cm³/mol. The van der Waals surface area contributed by atoms with Crippen molar-refractivity contribution in [1.29, 1.82) is 0 Å². The summed E-state index contributed by atoms with van der Waals surface area (Å²) in [6.07, 6.45) is 8.12. The first-order valence-electron chi connectivity index (χ1n) is 9.79. The lowest BCUT2D eigenvalue weighted by atomic mass is 10.2. The monoisotopic (exact) mass is 378 g/mol. The Morgan fingerprint density at radius 3 is 3.00 bits per heavy atom. The molecular formula is C20H22N6O2. The third-order valence-corrected chi connectivity index (χ3v) is 5.90. The number of anilines is 1. The smallest absolute Gasteiger partial charge is 0.267 e. The van der Waals surface area contributed by atoms with Gasteiger partial charge in [0.25, 0.3) is 11.1 Å². The van der Waals surface area contributed by atoms with Crippen molar-refractivity contribution in [2.45, 2.75) is 44.7 Å². The number of fused-ring (bicyclic) bond motifs is 2. The highest BCUT2D eigenvalue weighted by atomic mass is 16.1. The van der Waals surface area contributed by atoms with Crippen LogP contribution in [0.5, 0.6) is 0 Å². The van der Waals surface area contributed by atoms with Crippen LogP contribution in [0.1, 0.15) is 30.5 Å². The van der Waals surface area contributed by atoms with Gasteiger partial charge in [-0.3, -0.25) is 19.1 Å². The highest BCUT2D eigenvalue weighted by Gasteiger charge is 2.29. The van der Waals surface area contributed by atoms with E-state index in [2.05, 4.69) is 15.0 Å². The third-order valence-electron chi connectivity index (χ3n) is 5.90. The lowest BCUT2D eigenvalue weighted by molar-refractivity contribution is 0.477. The number of aromatic nitrogens is 5. The van der Waals surface area contributed by atoms with E-state index in [1.807, 2.05) is 0 Å². The molecule has 3 aromatic heterocycles. The molecule has 0 spiro atoms. The van der Waals surface area contributed by atoms with E-state index in [1.165, 1.54) is 0 Å². The molecule has 5 rings (SSSR count). The largest absolute Gasteiger partial charge is 0.337 e. The summed E-state index contributed by atoms with van der Waals surface area (Å²) < 4.78 is 3.19. The molecule has 3 aromatic rings. The maximum atomic E-state index is 12.8. The van der Waals surface area contributed by atoms with Crippen LogP contribution in [0.2, 0.25) is 0 Å². The molecule has 1 atom stereocenters. The van der Waals surface area contributed by atoms with E-state index in [4.69, 9.17) is 4.98 Å². The fourth-order valence-corrected chi connectivity index (χ4v) is 4.43. The SMILES string of the molecule is Cn1c(N2CCCC2Cn2nc3c(cc2=O)CCC3)nc2cnccc2c1=O. The van der Waals surface area contributed by atoms with E-state index >= 15 is 0 Å². The van der Waals surface area contributed by atoms with E-state index in [1.54, 1.807) is 40.8 Å². The molecule has 144 valence electrons. The number of hydrogen-bond acceptors (Lipinski definition) is 6. The minimum atomic E-state index is -0.0825. The second kappa shape index (κ2) is 6.54. The second-order valence-electron chi connectivity index (χ2n) is 7.65. The Balaban J connectivity index is 1.52. The second-order valence-corrected chi connectivity index (χ2v) is 7.65. The molecule has 4 heterocycles. The summed E-state index contributed by atoms with van der Waals surface area (Å²) in [5.74, 6) is 0.627. The molecule has 1 saturated heterocycles. The van der Waals surface area contributed by atoms with Crippen LogP contribution in [0.25, 0.3) is 10.9 Å². The molecular weight excluding hydrogens is 356 g/mol. The van der Waals surface area contributed by atoms with Crippen LogP contribution in [-0.2, 0) is 26.4 Å². The Morgan fingerprint density at radius 1 is 1.21 bits per heavy atom. The fraction of sp³-hybridized carbons (Fsp3) is 0.450. The van der Waals surface area contributed by atoms with Gasteiger partial charge >= 0.3 is 0 Å². The first kappa shape index (κ1) is 17.1. The summed E-state index contributed by atoms with van der Waals surface area (Å²) in [6, 6.07) is 3.52. The molecule has 0 saturated carbocycles. The molecule has 0 aromatic carbocycles. The quantitative estimate of drug-likeness (QED) is 0.677. The van der Waals surface area contributed by atoms with Crippen molar-refractivity contribution >= 4 is 16.9 Å². The van der Waals surface area contributed by atoms with E-state index in [-0.39, 0.29) is 17.2 Å². The van der Waals surface area contributed by atoms with Crippen molar-refractivity contribution in [2.24, 2.45) is 7.05 Å².